The summed E-state index contributed by atoms with van der Waals surface area (Å²) < 4.78 is 0. The van der Waals surface area contributed by atoms with Gasteiger partial charge in [-0.15, -0.1) is 0 Å². The third kappa shape index (κ3) is 1.91. The van der Waals surface area contributed by atoms with Crippen LogP contribution in [0.25, 0.3) is 0 Å². The second-order valence-corrected chi connectivity index (χ2v) is 10.8. The maximum absolute atomic E-state index is 12.1. The largest absolute Gasteiger partial charge is 0.392 e. The molecule has 4 heteroatoms. The van der Waals surface area contributed by atoms with Crippen LogP contribution in [0.3, 0.4) is 0 Å². The molecule has 4 nitrogen and oxygen atoms in total. The van der Waals surface area contributed by atoms with Crippen LogP contribution < -0.4 is 0 Å². The highest BCUT2D eigenvalue weighted by atomic mass is 16.4. The quantitative estimate of drug-likeness (QED) is 0.523. The summed E-state index contributed by atoms with van der Waals surface area (Å²) in [5.41, 5.74) is 1.58. The molecular weight excluding hydrogens is 352 g/mol. The first kappa shape index (κ1) is 19.0. The van der Waals surface area contributed by atoms with Gasteiger partial charge in [-0.05, 0) is 66.9 Å². The van der Waals surface area contributed by atoms with E-state index in [1.165, 1.54) is 11.1 Å². The van der Waals surface area contributed by atoms with Gasteiger partial charge in [-0.2, -0.15) is 0 Å². The molecular formula is C24H34O4. The van der Waals surface area contributed by atoms with Crippen molar-refractivity contribution in [2.24, 2.45) is 34.5 Å². The Labute approximate surface area is 167 Å². The highest BCUT2D eigenvalue weighted by Gasteiger charge is 2.74. The van der Waals surface area contributed by atoms with Crippen molar-refractivity contribution in [2.45, 2.75) is 71.2 Å². The molecule has 5 rings (SSSR count). The van der Waals surface area contributed by atoms with Gasteiger partial charge in [0.2, 0.25) is 0 Å². The van der Waals surface area contributed by atoms with Crippen molar-refractivity contribution >= 4 is 0 Å². The maximum Gasteiger partial charge on any atom is 0.137 e. The number of rotatable bonds is 1. The Balaban J connectivity index is 1.85. The highest BCUT2D eigenvalue weighted by Crippen LogP contribution is 2.75. The molecule has 0 aromatic rings. The van der Waals surface area contributed by atoms with Crippen molar-refractivity contribution in [1.82, 2.24) is 0 Å². The minimum atomic E-state index is -1.72. The Hall–Kier alpha value is -0.940. The maximum atomic E-state index is 12.1. The third-order valence-electron chi connectivity index (χ3n) is 9.34. The molecule has 0 radical (unpaired) electrons. The number of hydrogen-bond donors (Lipinski definition) is 4. The van der Waals surface area contributed by atoms with E-state index in [1.807, 2.05) is 6.92 Å². The van der Waals surface area contributed by atoms with Gasteiger partial charge >= 0.3 is 0 Å². The predicted octanol–water partition coefficient (Wildman–Crippen LogP) is 2.73. The number of allylic oxidation sites excluding steroid dienone is 2. The van der Waals surface area contributed by atoms with E-state index >= 15 is 0 Å². The van der Waals surface area contributed by atoms with Crippen molar-refractivity contribution in [3.63, 3.8) is 0 Å². The number of aliphatic hydroxyl groups excluding tert-OH is 3. The second-order valence-electron chi connectivity index (χ2n) is 10.8. The van der Waals surface area contributed by atoms with Crippen molar-refractivity contribution in [2.75, 3.05) is 6.61 Å². The van der Waals surface area contributed by atoms with Gasteiger partial charge in [0.15, 0.2) is 0 Å². The van der Waals surface area contributed by atoms with Gasteiger partial charge in [0, 0.05) is 11.3 Å². The first-order chi connectivity index (χ1) is 13.1. The summed E-state index contributed by atoms with van der Waals surface area (Å²) in [5.74, 6) is 1.23. The van der Waals surface area contributed by atoms with Gasteiger partial charge in [-0.25, -0.2) is 0 Å². The van der Waals surface area contributed by atoms with E-state index in [-0.39, 0.29) is 23.9 Å². The van der Waals surface area contributed by atoms with Crippen LogP contribution in [0, 0.1) is 34.5 Å². The molecule has 0 aromatic heterocycles. The minimum Gasteiger partial charge on any atom is -0.392 e. The first-order valence-electron chi connectivity index (χ1n) is 10.9. The molecule has 0 amide bonds. The molecule has 0 heterocycles. The lowest BCUT2D eigenvalue weighted by Crippen LogP contribution is -2.63. The van der Waals surface area contributed by atoms with Crippen LogP contribution in [0.1, 0.15) is 53.4 Å². The lowest BCUT2D eigenvalue weighted by atomic mass is 9.55. The molecule has 0 saturated heterocycles. The van der Waals surface area contributed by atoms with E-state index in [0.29, 0.717) is 17.4 Å². The fourth-order valence-corrected chi connectivity index (χ4v) is 7.65. The van der Waals surface area contributed by atoms with Crippen molar-refractivity contribution in [3.05, 3.63) is 34.4 Å². The van der Waals surface area contributed by atoms with E-state index in [2.05, 4.69) is 32.9 Å². The molecule has 5 aliphatic carbocycles. The number of aliphatic hydroxyl groups is 4. The van der Waals surface area contributed by atoms with E-state index in [4.69, 9.17) is 0 Å². The molecule has 3 fully saturated rings. The Morgan fingerprint density at radius 2 is 1.82 bits per heavy atom. The third-order valence-corrected chi connectivity index (χ3v) is 9.34. The number of fused-ring (bicyclic) bond motifs is 3. The zero-order valence-electron chi connectivity index (χ0n) is 17.4. The summed E-state index contributed by atoms with van der Waals surface area (Å²) in [6, 6.07) is 0. The zero-order valence-corrected chi connectivity index (χ0v) is 17.4. The molecule has 0 aliphatic heterocycles. The van der Waals surface area contributed by atoms with Crippen LogP contribution in [0.4, 0.5) is 0 Å². The summed E-state index contributed by atoms with van der Waals surface area (Å²) in [5, 5.41) is 44.7. The molecule has 154 valence electrons. The SMILES string of the molecule is CC1=CC23C(=C4CCC4)[C@@H](C=C(CO)[C@@H](O)[C@]2(O)[C@H]1O)C1[C@@H](CC3C)C1(C)C. The van der Waals surface area contributed by atoms with Crippen molar-refractivity contribution in [1.29, 1.82) is 0 Å². The van der Waals surface area contributed by atoms with Crippen LogP contribution in [0.2, 0.25) is 0 Å². The lowest BCUT2D eigenvalue weighted by molar-refractivity contribution is -0.173. The Morgan fingerprint density at radius 3 is 2.39 bits per heavy atom. The molecule has 0 aromatic carbocycles. The Morgan fingerprint density at radius 1 is 1.14 bits per heavy atom. The predicted molar refractivity (Wildman–Crippen MR) is 107 cm³/mol. The van der Waals surface area contributed by atoms with Crippen molar-refractivity contribution < 1.29 is 20.4 Å². The molecule has 8 atom stereocenters. The molecule has 1 spiro atoms. The van der Waals surface area contributed by atoms with Crippen LogP contribution in [-0.4, -0.2) is 44.8 Å². The number of hydrogen-bond acceptors (Lipinski definition) is 4. The van der Waals surface area contributed by atoms with E-state index < -0.39 is 23.2 Å². The van der Waals surface area contributed by atoms with Crippen LogP contribution in [0.5, 0.6) is 0 Å². The van der Waals surface area contributed by atoms with Crippen LogP contribution in [-0.2, 0) is 0 Å². The fourth-order valence-electron chi connectivity index (χ4n) is 7.65. The van der Waals surface area contributed by atoms with E-state index in [1.54, 1.807) is 0 Å². The normalized spacial score (nSPS) is 51.3. The molecule has 3 unspecified atom stereocenters. The van der Waals surface area contributed by atoms with Crippen molar-refractivity contribution in [3.8, 4) is 0 Å². The average Bonchev–Trinajstić information content (AvgIpc) is 3.11. The molecule has 28 heavy (non-hydrogen) atoms. The highest BCUT2D eigenvalue weighted by molar-refractivity contribution is 5.53. The topological polar surface area (TPSA) is 80.9 Å². The summed E-state index contributed by atoms with van der Waals surface area (Å²) in [6.07, 6.45) is 5.97. The first-order valence-corrected chi connectivity index (χ1v) is 10.9. The lowest BCUT2D eigenvalue weighted by Gasteiger charge is -2.52. The van der Waals surface area contributed by atoms with Gasteiger partial charge in [0.25, 0.3) is 0 Å². The van der Waals surface area contributed by atoms with Gasteiger partial charge in [-0.3, -0.25) is 0 Å². The summed E-state index contributed by atoms with van der Waals surface area (Å²) in [7, 11) is 0. The Bertz CT molecular complexity index is 814. The Kier molecular flexibility index (Phi) is 3.81. The smallest absolute Gasteiger partial charge is 0.137 e. The molecule has 3 saturated carbocycles. The van der Waals surface area contributed by atoms with Gasteiger partial charge in [0.1, 0.15) is 17.8 Å². The second kappa shape index (κ2) is 5.60. The van der Waals surface area contributed by atoms with E-state index in [0.717, 1.165) is 31.3 Å². The molecule has 5 aliphatic rings. The monoisotopic (exact) mass is 386 g/mol. The fraction of sp³-hybridized carbons (Fsp3) is 0.750. The van der Waals surface area contributed by atoms with Gasteiger partial charge in [-0.1, -0.05) is 44.1 Å². The van der Waals surface area contributed by atoms with Crippen LogP contribution >= 0.6 is 0 Å². The zero-order chi connectivity index (χ0) is 20.2. The van der Waals surface area contributed by atoms with Gasteiger partial charge < -0.3 is 20.4 Å². The standard InChI is InChI=1S/C24H34O4/c1-12-10-23-13(2)8-17-19(22(17,3)4)16(18(23)14-6-5-7-14)9-15(11-25)21(27)24(23,28)20(12)26/h9-10,13,16-17,19-21,25-28H,5-8,11H2,1-4H3/t13?,16-,17-,19?,20+,21-,23?,24-/m1/s1. The summed E-state index contributed by atoms with van der Waals surface area (Å²) in [6.45, 7) is 8.43. The average molecular weight is 387 g/mol. The van der Waals surface area contributed by atoms with Gasteiger partial charge in [0.05, 0.1) is 6.61 Å². The minimum absolute atomic E-state index is 0.105. The summed E-state index contributed by atoms with van der Waals surface area (Å²) >= 11 is 0. The summed E-state index contributed by atoms with van der Waals surface area (Å²) in [4.78, 5) is 0. The molecule has 2 bridgehead atoms. The van der Waals surface area contributed by atoms with Crippen LogP contribution in [0.15, 0.2) is 34.4 Å². The molecule has 4 N–H and O–H groups in total. The van der Waals surface area contributed by atoms with E-state index in [9.17, 15) is 20.4 Å².